The minimum Gasteiger partial charge on any atom is -0.354 e. The monoisotopic (exact) mass is 342 g/mol. The maximum absolute atomic E-state index is 12.2. The van der Waals surface area contributed by atoms with Crippen LogP contribution in [0.4, 0.5) is 4.79 Å². The van der Waals surface area contributed by atoms with E-state index >= 15 is 0 Å². The number of para-hydroxylation sites is 1. The highest BCUT2D eigenvalue weighted by Gasteiger charge is 2.30. The van der Waals surface area contributed by atoms with Gasteiger partial charge in [0.15, 0.2) is 0 Å². The number of piperidine rings is 1. The lowest BCUT2D eigenvalue weighted by Crippen LogP contribution is -2.56. The van der Waals surface area contributed by atoms with Crippen LogP contribution in [0.1, 0.15) is 32.0 Å². The van der Waals surface area contributed by atoms with Crippen molar-refractivity contribution >= 4 is 11.9 Å². The lowest BCUT2D eigenvalue weighted by atomic mass is 9.94. The standard InChI is InChI=1S/C17H22N6O2/c1-11-8-9-18-16(24)15(11)20-17(25)19-12(2)14-10-23(22-21-14)13-6-4-3-5-7-13/h3-7,10-12,15H,8-9H2,1-2H3,(H,18,24)(H2,19,20,25)/t11-,12-,15-/m0/s1. The number of nitrogens with zero attached hydrogens (tertiary/aromatic N) is 3. The molecule has 1 fully saturated rings. The Hall–Kier alpha value is -2.90. The van der Waals surface area contributed by atoms with Gasteiger partial charge in [0.05, 0.1) is 17.9 Å². The number of urea groups is 1. The number of carbonyl (C=O) groups is 2. The second-order valence-electron chi connectivity index (χ2n) is 6.30. The molecular formula is C17H22N6O2. The molecule has 8 heteroatoms. The van der Waals surface area contributed by atoms with Gasteiger partial charge in [-0.15, -0.1) is 5.10 Å². The molecule has 132 valence electrons. The maximum atomic E-state index is 12.2. The van der Waals surface area contributed by atoms with Gasteiger partial charge in [0.1, 0.15) is 11.7 Å². The summed E-state index contributed by atoms with van der Waals surface area (Å²) in [5.41, 5.74) is 1.53. The van der Waals surface area contributed by atoms with E-state index in [-0.39, 0.29) is 17.9 Å². The van der Waals surface area contributed by atoms with Gasteiger partial charge in [0.25, 0.3) is 0 Å². The summed E-state index contributed by atoms with van der Waals surface area (Å²) in [6, 6.07) is 8.37. The summed E-state index contributed by atoms with van der Waals surface area (Å²) in [6.07, 6.45) is 2.62. The Morgan fingerprint density at radius 3 is 2.84 bits per heavy atom. The van der Waals surface area contributed by atoms with E-state index in [0.29, 0.717) is 12.2 Å². The van der Waals surface area contributed by atoms with Crippen LogP contribution in [0.25, 0.3) is 5.69 Å². The Morgan fingerprint density at radius 1 is 1.36 bits per heavy atom. The van der Waals surface area contributed by atoms with Crippen LogP contribution in [0, 0.1) is 5.92 Å². The highest BCUT2D eigenvalue weighted by Crippen LogP contribution is 2.14. The molecule has 3 atom stereocenters. The third-order valence-corrected chi connectivity index (χ3v) is 4.36. The summed E-state index contributed by atoms with van der Waals surface area (Å²) in [5, 5.41) is 16.5. The van der Waals surface area contributed by atoms with E-state index in [1.165, 1.54) is 0 Å². The Morgan fingerprint density at radius 2 is 2.12 bits per heavy atom. The quantitative estimate of drug-likeness (QED) is 0.776. The van der Waals surface area contributed by atoms with Crippen molar-refractivity contribution in [2.24, 2.45) is 5.92 Å². The van der Waals surface area contributed by atoms with Gasteiger partial charge in [-0.1, -0.05) is 30.3 Å². The van der Waals surface area contributed by atoms with Gasteiger partial charge in [-0.2, -0.15) is 0 Å². The highest BCUT2D eigenvalue weighted by atomic mass is 16.2. The van der Waals surface area contributed by atoms with Gasteiger partial charge in [-0.05, 0) is 31.4 Å². The van der Waals surface area contributed by atoms with E-state index in [0.717, 1.165) is 12.1 Å². The fourth-order valence-electron chi connectivity index (χ4n) is 2.80. The third kappa shape index (κ3) is 3.96. The lowest BCUT2D eigenvalue weighted by Gasteiger charge is -2.29. The zero-order valence-electron chi connectivity index (χ0n) is 14.3. The van der Waals surface area contributed by atoms with Gasteiger partial charge in [-0.3, -0.25) is 4.79 Å². The Bertz CT molecular complexity index is 745. The van der Waals surface area contributed by atoms with Crippen LogP contribution >= 0.6 is 0 Å². The average molecular weight is 342 g/mol. The first kappa shape index (κ1) is 16.9. The van der Waals surface area contributed by atoms with Crippen LogP contribution in [0.15, 0.2) is 36.5 Å². The fraction of sp³-hybridized carbons (Fsp3) is 0.412. The number of hydrogen-bond acceptors (Lipinski definition) is 4. The second kappa shape index (κ2) is 7.33. The minimum atomic E-state index is -0.513. The van der Waals surface area contributed by atoms with Crippen LogP contribution in [-0.2, 0) is 4.79 Å². The molecule has 3 rings (SSSR count). The van der Waals surface area contributed by atoms with E-state index in [1.807, 2.05) is 44.2 Å². The summed E-state index contributed by atoms with van der Waals surface area (Å²) in [7, 11) is 0. The number of nitrogens with one attached hydrogen (secondary N) is 3. The lowest BCUT2D eigenvalue weighted by molar-refractivity contribution is -0.125. The Balaban J connectivity index is 1.60. The van der Waals surface area contributed by atoms with E-state index in [2.05, 4.69) is 26.3 Å². The molecule has 25 heavy (non-hydrogen) atoms. The number of benzene rings is 1. The Kier molecular flexibility index (Phi) is 4.97. The predicted octanol–water partition coefficient (Wildman–Crippen LogP) is 1.15. The number of aromatic nitrogens is 3. The van der Waals surface area contributed by atoms with Gasteiger partial charge in [0, 0.05) is 6.54 Å². The predicted molar refractivity (Wildman–Crippen MR) is 92.0 cm³/mol. The maximum Gasteiger partial charge on any atom is 0.315 e. The molecule has 2 heterocycles. The SMILES string of the molecule is C[C@H](NC(=O)N[C@@H]1C(=O)NCC[C@@H]1C)c1cn(-c2ccccc2)nn1. The largest absolute Gasteiger partial charge is 0.354 e. The van der Waals surface area contributed by atoms with Crippen LogP contribution in [-0.4, -0.2) is 39.5 Å². The van der Waals surface area contributed by atoms with Crippen LogP contribution in [0.2, 0.25) is 0 Å². The molecular weight excluding hydrogens is 320 g/mol. The van der Waals surface area contributed by atoms with Crippen molar-refractivity contribution in [2.75, 3.05) is 6.54 Å². The molecule has 8 nitrogen and oxygen atoms in total. The molecule has 3 amide bonds. The normalized spacial score (nSPS) is 21.3. The molecule has 1 aromatic carbocycles. The van der Waals surface area contributed by atoms with Crippen LogP contribution in [0.5, 0.6) is 0 Å². The molecule has 2 aromatic rings. The van der Waals surface area contributed by atoms with E-state index in [4.69, 9.17) is 0 Å². The molecule has 0 radical (unpaired) electrons. The summed E-state index contributed by atoms with van der Waals surface area (Å²) in [6.45, 7) is 4.43. The number of amides is 3. The van der Waals surface area contributed by atoms with Crippen molar-refractivity contribution < 1.29 is 9.59 Å². The first-order valence-corrected chi connectivity index (χ1v) is 8.37. The first-order valence-electron chi connectivity index (χ1n) is 8.37. The molecule has 0 spiro atoms. The molecule has 1 aliphatic rings. The number of rotatable bonds is 4. The second-order valence-corrected chi connectivity index (χ2v) is 6.30. The molecule has 1 aromatic heterocycles. The molecule has 1 aliphatic heterocycles. The van der Waals surface area contributed by atoms with E-state index in [9.17, 15) is 9.59 Å². The summed E-state index contributed by atoms with van der Waals surface area (Å²) >= 11 is 0. The molecule has 0 bridgehead atoms. The van der Waals surface area contributed by atoms with Crippen molar-refractivity contribution in [3.8, 4) is 5.69 Å². The van der Waals surface area contributed by atoms with Gasteiger partial charge in [0.2, 0.25) is 5.91 Å². The molecule has 3 N–H and O–H groups in total. The number of hydrogen-bond donors (Lipinski definition) is 3. The topological polar surface area (TPSA) is 101 Å². The molecule has 0 saturated carbocycles. The smallest absolute Gasteiger partial charge is 0.315 e. The van der Waals surface area contributed by atoms with Gasteiger partial charge < -0.3 is 16.0 Å². The summed E-state index contributed by atoms with van der Waals surface area (Å²) in [4.78, 5) is 24.1. The van der Waals surface area contributed by atoms with Crippen LogP contribution in [0.3, 0.4) is 0 Å². The highest BCUT2D eigenvalue weighted by molar-refractivity contribution is 5.87. The van der Waals surface area contributed by atoms with Crippen molar-refractivity contribution in [1.29, 1.82) is 0 Å². The van der Waals surface area contributed by atoms with Crippen molar-refractivity contribution in [2.45, 2.75) is 32.4 Å². The first-order chi connectivity index (χ1) is 12.0. The Labute approximate surface area is 146 Å². The van der Waals surface area contributed by atoms with Crippen molar-refractivity contribution in [1.82, 2.24) is 30.9 Å². The molecule has 1 saturated heterocycles. The third-order valence-electron chi connectivity index (χ3n) is 4.36. The fourth-order valence-corrected chi connectivity index (χ4v) is 2.80. The molecule has 0 aliphatic carbocycles. The average Bonchev–Trinajstić information content (AvgIpc) is 3.09. The zero-order chi connectivity index (χ0) is 17.8. The van der Waals surface area contributed by atoms with Crippen LogP contribution < -0.4 is 16.0 Å². The summed E-state index contributed by atoms with van der Waals surface area (Å²) in [5.74, 6) is -0.0367. The van der Waals surface area contributed by atoms with Crippen molar-refractivity contribution in [3.05, 3.63) is 42.2 Å². The van der Waals surface area contributed by atoms with Gasteiger partial charge >= 0.3 is 6.03 Å². The van der Waals surface area contributed by atoms with E-state index < -0.39 is 12.1 Å². The van der Waals surface area contributed by atoms with Gasteiger partial charge in [-0.25, -0.2) is 9.48 Å². The molecule has 0 unspecified atom stereocenters. The number of carbonyl (C=O) groups excluding carboxylic acids is 2. The van der Waals surface area contributed by atoms with Crippen molar-refractivity contribution in [3.63, 3.8) is 0 Å². The zero-order valence-corrected chi connectivity index (χ0v) is 14.3. The minimum absolute atomic E-state index is 0.105. The summed E-state index contributed by atoms with van der Waals surface area (Å²) < 4.78 is 1.65. The van der Waals surface area contributed by atoms with E-state index in [1.54, 1.807) is 10.9 Å².